The predicted octanol–water partition coefficient (Wildman–Crippen LogP) is 13.0. The van der Waals surface area contributed by atoms with E-state index in [0.29, 0.717) is 15.1 Å². The third kappa shape index (κ3) is 6.61. The van der Waals surface area contributed by atoms with Crippen LogP contribution < -0.4 is 0 Å². The maximum Gasteiger partial charge on any atom is 0.115 e. The van der Waals surface area contributed by atoms with Crippen molar-refractivity contribution in [3.63, 3.8) is 0 Å². The third-order valence-electron chi connectivity index (χ3n) is 9.31. The first-order valence-electron chi connectivity index (χ1n) is 16.6. The van der Waals surface area contributed by atoms with Crippen molar-refractivity contribution in [2.75, 3.05) is 0 Å². The zero-order valence-corrected chi connectivity index (χ0v) is 30.8. The van der Waals surface area contributed by atoms with Crippen LogP contribution >= 0.6 is 34.8 Å². The van der Waals surface area contributed by atoms with Gasteiger partial charge in [0.1, 0.15) is 5.75 Å². The van der Waals surface area contributed by atoms with Crippen LogP contribution in [-0.4, -0.2) is 25.0 Å². The summed E-state index contributed by atoms with van der Waals surface area (Å²) in [6.45, 7) is 0. The molecule has 5 heterocycles. The molecule has 2 aliphatic heterocycles. The largest absolute Gasteiger partial charge is 0.508 e. The Morgan fingerprint density at radius 3 is 0.868 bits per heavy atom. The van der Waals surface area contributed by atoms with Gasteiger partial charge < -0.3 is 15.1 Å². The van der Waals surface area contributed by atoms with Gasteiger partial charge in [0.25, 0.3) is 0 Å². The molecule has 9 heteroatoms. The summed E-state index contributed by atoms with van der Waals surface area (Å²) in [5.74, 6) is 0.188. The van der Waals surface area contributed by atoms with Crippen LogP contribution in [0.1, 0.15) is 22.8 Å². The molecule has 5 nitrogen and oxygen atoms in total. The van der Waals surface area contributed by atoms with Crippen molar-refractivity contribution in [1.82, 2.24) is 19.9 Å². The van der Waals surface area contributed by atoms with Crippen molar-refractivity contribution in [3.05, 3.63) is 159 Å². The number of phenols is 1. The third-order valence-corrected chi connectivity index (χ3v) is 10.1. The number of hydrogen-bond donors (Lipinski definition) is 3. The van der Waals surface area contributed by atoms with Crippen LogP contribution in [0.5, 0.6) is 5.75 Å². The molecule has 0 unspecified atom stereocenters. The molecule has 9 rings (SSSR count). The molecule has 0 saturated heterocycles. The number of phenolic OH excluding ortho intramolecular Hbond substituents is 1. The minimum atomic E-state index is 0. The van der Waals surface area contributed by atoms with Gasteiger partial charge in [-0.15, -0.1) is 0 Å². The molecule has 0 saturated carbocycles. The minimum Gasteiger partial charge on any atom is -0.508 e. The van der Waals surface area contributed by atoms with E-state index in [1.807, 2.05) is 97.1 Å². The number of fused-ring (bicyclic) bond motifs is 8. The average molecular weight is 798 g/mol. The second-order valence-corrected chi connectivity index (χ2v) is 13.9. The van der Waals surface area contributed by atoms with Crippen LogP contribution in [0, 0.1) is 0 Å². The predicted molar refractivity (Wildman–Crippen MR) is 217 cm³/mol. The molecule has 3 N–H and O–H groups in total. The number of rotatable bonds is 4. The van der Waals surface area contributed by atoms with Crippen molar-refractivity contribution in [2.45, 2.75) is 0 Å². The Balaban J connectivity index is 0.00000400. The Hall–Kier alpha value is -5.33. The van der Waals surface area contributed by atoms with E-state index in [-0.39, 0.29) is 22.8 Å². The van der Waals surface area contributed by atoms with E-state index in [2.05, 4.69) is 46.4 Å². The number of aromatic hydroxyl groups is 1. The quantitative estimate of drug-likeness (QED) is 0.155. The Bertz CT molecular complexity index is 2380. The van der Waals surface area contributed by atoms with Crippen LogP contribution in [0.25, 0.3) is 90.9 Å². The normalized spacial score (nSPS) is 11.8. The number of hydrogen-bond acceptors (Lipinski definition) is 3. The number of aromatic nitrogens is 4. The van der Waals surface area contributed by atoms with Gasteiger partial charge in [-0.25, -0.2) is 9.97 Å². The molecule has 3 aromatic heterocycles. The van der Waals surface area contributed by atoms with Crippen molar-refractivity contribution in [2.24, 2.45) is 0 Å². The molecule has 2 aliphatic rings. The number of nitrogens with one attached hydrogen (secondary N) is 2. The van der Waals surface area contributed by atoms with Crippen molar-refractivity contribution in [1.29, 1.82) is 0 Å². The fraction of sp³-hybridized carbons (Fsp3) is 0. The summed E-state index contributed by atoms with van der Waals surface area (Å²) in [7, 11) is 0. The van der Waals surface area contributed by atoms with E-state index in [4.69, 9.17) is 44.8 Å². The maximum absolute atomic E-state index is 10.2. The maximum atomic E-state index is 10.2. The van der Waals surface area contributed by atoms with Crippen molar-refractivity contribution < 1.29 is 22.2 Å². The van der Waals surface area contributed by atoms with Crippen LogP contribution in [0.4, 0.5) is 0 Å². The van der Waals surface area contributed by atoms with Gasteiger partial charge in [-0.1, -0.05) is 83.3 Å². The second-order valence-electron chi connectivity index (χ2n) is 12.6. The molecule has 4 aromatic carbocycles. The Morgan fingerprint density at radius 2 is 0.604 bits per heavy atom. The van der Waals surface area contributed by atoms with Gasteiger partial charge >= 0.3 is 0 Å². The first-order chi connectivity index (χ1) is 25.4. The van der Waals surface area contributed by atoms with Gasteiger partial charge in [-0.05, 0) is 119 Å². The second kappa shape index (κ2) is 14.2. The van der Waals surface area contributed by atoms with E-state index in [1.165, 1.54) is 0 Å². The van der Waals surface area contributed by atoms with E-state index in [1.54, 1.807) is 12.1 Å². The molecular formula is C44H27Cl3CuN4O. The van der Waals surface area contributed by atoms with E-state index in [0.717, 1.165) is 89.4 Å². The van der Waals surface area contributed by atoms with Gasteiger partial charge in [0.05, 0.1) is 22.8 Å². The van der Waals surface area contributed by atoms with Crippen molar-refractivity contribution >= 4 is 81.2 Å². The number of nitrogens with zero attached hydrogens (tertiary/aromatic N) is 2. The first kappa shape index (κ1) is 34.7. The minimum absolute atomic E-state index is 0. The topological polar surface area (TPSA) is 77.6 Å². The van der Waals surface area contributed by atoms with Gasteiger partial charge in [0.2, 0.25) is 0 Å². The van der Waals surface area contributed by atoms with Gasteiger partial charge in [-0.3, -0.25) is 0 Å². The molecular weight excluding hydrogens is 770 g/mol. The van der Waals surface area contributed by atoms with Crippen LogP contribution in [0.3, 0.4) is 0 Å². The number of halogens is 3. The molecule has 53 heavy (non-hydrogen) atoms. The summed E-state index contributed by atoms with van der Waals surface area (Å²) in [5, 5.41) is 12.1. The monoisotopic (exact) mass is 795 g/mol. The summed E-state index contributed by atoms with van der Waals surface area (Å²) in [4.78, 5) is 18.0. The summed E-state index contributed by atoms with van der Waals surface area (Å²) in [6.07, 6.45) is 8.19. The van der Waals surface area contributed by atoms with Crippen LogP contribution in [0.2, 0.25) is 15.1 Å². The Morgan fingerprint density at radius 1 is 0.358 bits per heavy atom. The molecule has 261 valence electrons. The fourth-order valence-corrected chi connectivity index (χ4v) is 7.28. The van der Waals surface area contributed by atoms with E-state index < -0.39 is 0 Å². The summed E-state index contributed by atoms with van der Waals surface area (Å²) in [5.41, 5.74) is 14.1. The zero-order valence-electron chi connectivity index (χ0n) is 27.6. The van der Waals surface area contributed by atoms with Crippen LogP contribution in [0.15, 0.2) is 121 Å². The molecule has 0 atom stereocenters. The smallest absolute Gasteiger partial charge is 0.115 e. The Kier molecular flexibility index (Phi) is 9.34. The molecule has 7 aromatic rings. The van der Waals surface area contributed by atoms with Crippen LogP contribution in [-0.2, 0) is 17.1 Å². The zero-order chi connectivity index (χ0) is 35.3. The summed E-state index contributed by atoms with van der Waals surface area (Å²) in [6, 6.07) is 38.9. The van der Waals surface area contributed by atoms with Crippen molar-refractivity contribution in [3.8, 4) is 50.3 Å². The molecule has 0 spiro atoms. The number of H-pyrrole nitrogens is 2. The standard InChI is InChI=1S/C44H27Cl3N4O.Cu/c45-29-9-1-25(2-10-29)41-33-17-19-35(48-33)42(26-3-11-30(46)12-4-26)37-21-23-39(50-37)44(28-7-15-32(52)16-8-28)40-24-22-38(51-40)43(36-20-18-34(41)49-36)27-5-13-31(47)14-6-27;/h1-24,48,51-52H;. The van der Waals surface area contributed by atoms with Gasteiger partial charge in [0, 0.05) is 76.5 Å². The van der Waals surface area contributed by atoms with Gasteiger partial charge in [-0.2, -0.15) is 0 Å². The summed E-state index contributed by atoms with van der Waals surface area (Å²) >= 11 is 19.1. The first-order valence-corrected chi connectivity index (χ1v) is 17.7. The average Bonchev–Trinajstić information content (AvgIpc) is 3.99. The molecule has 0 amide bonds. The van der Waals surface area contributed by atoms with E-state index in [9.17, 15) is 5.11 Å². The van der Waals surface area contributed by atoms with E-state index >= 15 is 0 Å². The summed E-state index contributed by atoms with van der Waals surface area (Å²) < 4.78 is 0. The number of benzene rings is 4. The number of aromatic amines is 2. The molecule has 8 bridgehead atoms. The van der Waals surface area contributed by atoms with Gasteiger partial charge in [0.15, 0.2) is 0 Å². The fourth-order valence-electron chi connectivity index (χ4n) is 6.90. The molecule has 0 fully saturated rings. The molecule has 0 aliphatic carbocycles. The molecule has 1 radical (unpaired) electrons. The SMILES string of the molecule is Oc1ccc(-c2c3nc(c(-c4ccc(Cl)cc4)c4ccc([nH]4)c(-c4ccc(Cl)cc4)c4nc(c(-c5ccc(Cl)cc5)c5ccc2[nH]5)C=C4)C=C3)cc1.[Cu]. The Labute approximate surface area is 330 Å².